The molecule has 5 rings (SSSR count). The van der Waals surface area contributed by atoms with Gasteiger partial charge in [-0.2, -0.15) is 5.10 Å². The highest BCUT2D eigenvalue weighted by atomic mass is 32.1. The van der Waals surface area contributed by atoms with E-state index in [4.69, 9.17) is 0 Å². The highest BCUT2D eigenvalue weighted by Gasteiger charge is 2.26. The lowest BCUT2D eigenvalue weighted by atomic mass is 10.0. The fraction of sp³-hybridized carbons (Fsp3) is 0.208. The molecule has 0 spiro atoms. The molecule has 1 aliphatic rings. The predicted molar refractivity (Wildman–Crippen MR) is 125 cm³/mol. The Labute approximate surface area is 194 Å². The standard InChI is InChI=1S/C24H22N6O2S/c31-22(17-5-4-10-25-13-17)27-19-8-11-29(12-9-19)24(32)21-16-33-23(28-21)18-14-26-30(15-18)20-6-2-1-3-7-20/h1-7,10,13-16,19H,8-9,11-12H2,(H,27,31). The van der Waals surface area contributed by atoms with Crippen LogP contribution in [0.1, 0.15) is 33.7 Å². The Morgan fingerprint density at radius 3 is 2.61 bits per heavy atom. The molecule has 0 unspecified atom stereocenters. The van der Waals surface area contributed by atoms with E-state index in [1.807, 2.05) is 36.5 Å². The summed E-state index contributed by atoms with van der Waals surface area (Å²) in [5, 5.41) is 10.0. The second-order valence-corrected chi connectivity index (χ2v) is 8.69. The van der Waals surface area contributed by atoms with E-state index in [0.717, 1.165) is 16.3 Å². The van der Waals surface area contributed by atoms with E-state index >= 15 is 0 Å². The van der Waals surface area contributed by atoms with Crippen LogP contribution in [0, 0.1) is 0 Å². The fourth-order valence-electron chi connectivity index (χ4n) is 3.81. The number of carbonyl (C=O) groups is 2. The number of amides is 2. The lowest BCUT2D eigenvalue weighted by molar-refractivity contribution is 0.0693. The van der Waals surface area contributed by atoms with Crippen LogP contribution in [0.4, 0.5) is 0 Å². The van der Waals surface area contributed by atoms with Crippen LogP contribution in [0.5, 0.6) is 0 Å². The number of hydrogen-bond acceptors (Lipinski definition) is 6. The number of thiazole rings is 1. The van der Waals surface area contributed by atoms with Crippen LogP contribution in [0.15, 0.2) is 72.6 Å². The summed E-state index contributed by atoms with van der Waals surface area (Å²) in [4.78, 5) is 35.7. The van der Waals surface area contributed by atoms with E-state index in [1.54, 1.807) is 45.7 Å². The molecule has 8 nitrogen and oxygen atoms in total. The lowest BCUT2D eigenvalue weighted by Gasteiger charge is -2.32. The Balaban J connectivity index is 1.19. The van der Waals surface area contributed by atoms with E-state index in [1.165, 1.54) is 11.3 Å². The smallest absolute Gasteiger partial charge is 0.273 e. The van der Waals surface area contributed by atoms with Gasteiger partial charge < -0.3 is 10.2 Å². The van der Waals surface area contributed by atoms with Crippen LogP contribution in [0.25, 0.3) is 16.3 Å². The van der Waals surface area contributed by atoms with E-state index in [0.29, 0.717) is 37.2 Å². The summed E-state index contributed by atoms with van der Waals surface area (Å²) >= 11 is 1.44. The third-order valence-electron chi connectivity index (χ3n) is 5.61. The minimum atomic E-state index is -0.131. The Bertz CT molecular complexity index is 1250. The number of nitrogens with zero attached hydrogens (tertiary/aromatic N) is 5. The lowest BCUT2D eigenvalue weighted by Crippen LogP contribution is -2.46. The van der Waals surface area contributed by atoms with Crippen molar-refractivity contribution in [1.82, 2.24) is 30.0 Å². The number of piperidine rings is 1. The predicted octanol–water partition coefficient (Wildman–Crippen LogP) is 3.43. The summed E-state index contributed by atoms with van der Waals surface area (Å²) in [6.07, 6.45) is 8.28. The molecule has 4 heterocycles. The number of nitrogens with one attached hydrogen (secondary N) is 1. The van der Waals surface area contributed by atoms with E-state index in [9.17, 15) is 9.59 Å². The molecule has 4 aromatic rings. The molecule has 0 radical (unpaired) electrons. The second kappa shape index (κ2) is 9.33. The number of carbonyl (C=O) groups excluding carboxylic acids is 2. The molecule has 33 heavy (non-hydrogen) atoms. The maximum Gasteiger partial charge on any atom is 0.273 e. The fourth-order valence-corrected chi connectivity index (χ4v) is 4.58. The number of pyridine rings is 1. The zero-order valence-corrected chi connectivity index (χ0v) is 18.6. The molecular formula is C24H22N6O2S. The Morgan fingerprint density at radius 1 is 1.03 bits per heavy atom. The van der Waals surface area contributed by atoms with Gasteiger partial charge in [0.05, 0.1) is 17.4 Å². The number of hydrogen-bond donors (Lipinski definition) is 1. The zero-order chi connectivity index (χ0) is 22.6. The molecule has 0 atom stereocenters. The summed E-state index contributed by atoms with van der Waals surface area (Å²) in [6.45, 7) is 1.16. The van der Waals surface area contributed by atoms with Crippen LogP contribution in [0.2, 0.25) is 0 Å². The van der Waals surface area contributed by atoms with E-state index in [-0.39, 0.29) is 17.9 Å². The van der Waals surface area contributed by atoms with Gasteiger partial charge in [0.25, 0.3) is 11.8 Å². The van der Waals surface area contributed by atoms with Gasteiger partial charge >= 0.3 is 0 Å². The summed E-state index contributed by atoms with van der Waals surface area (Å²) in [5.41, 5.74) is 2.83. The van der Waals surface area contributed by atoms with Crippen molar-refractivity contribution in [3.63, 3.8) is 0 Å². The van der Waals surface area contributed by atoms with Gasteiger partial charge in [0.15, 0.2) is 0 Å². The molecule has 2 amide bonds. The average molecular weight is 459 g/mol. The molecule has 3 aromatic heterocycles. The first-order valence-corrected chi connectivity index (χ1v) is 11.6. The van der Waals surface area contributed by atoms with Crippen molar-refractivity contribution in [2.24, 2.45) is 0 Å². The van der Waals surface area contributed by atoms with E-state index in [2.05, 4.69) is 20.4 Å². The average Bonchev–Trinajstić information content (AvgIpc) is 3.55. The summed E-state index contributed by atoms with van der Waals surface area (Å²) in [6, 6.07) is 13.4. The molecule has 0 saturated carbocycles. The van der Waals surface area contributed by atoms with Crippen molar-refractivity contribution in [3.05, 3.63) is 83.9 Å². The molecule has 0 aliphatic carbocycles. The number of benzene rings is 1. The van der Waals surface area contributed by atoms with Crippen molar-refractivity contribution in [1.29, 1.82) is 0 Å². The van der Waals surface area contributed by atoms with Crippen molar-refractivity contribution >= 4 is 23.2 Å². The highest BCUT2D eigenvalue weighted by molar-refractivity contribution is 7.13. The van der Waals surface area contributed by atoms with Gasteiger partial charge in [-0.1, -0.05) is 18.2 Å². The normalized spacial score (nSPS) is 14.2. The van der Waals surface area contributed by atoms with Crippen LogP contribution >= 0.6 is 11.3 Å². The van der Waals surface area contributed by atoms with Gasteiger partial charge in [0.1, 0.15) is 10.7 Å². The van der Waals surface area contributed by atoms with Crippen LogP contribution in [-0.4, -0.2) is 55.6 Å². The Kier molecular flexibility index (Phi) is 5.95. The molecule has 9 heteroatoms. The van der Waals surface area contributed by atoms with Crippen LogP contribution < -0.4 is 5.32 Å². The van der Waals surface area contributed by atoms with Crippen molar-refractivity contribution in [2.75, 3.05) is 13.1 Å². The first-order chi connectivity index (χ1) is 16.2. The molecular weight excluding hydrogens is 436 g/mol. The van der Waals surface area contributed by atoms with Crippen molar-refractivity contribution < 1.29 is 9.59 Å². The highest BCUT2D eigenvalue weighted by Crippen LogP contribution is 2.25. The maximum atomic E-state index is 13.0. The molecule has 0 bridgehead atoms. The number of likely N-dealkylation sites (tertiary alicyclic amines) is 1. The topological polar surface area (TPSA) is 93.0 Å². The molecule has 1 N–H and O–H groups in total. The molecule has 1 aromatic carbocycles. The minimum Gasteiger partial charge on any atom is -0.349 e. The first-order valence-electron chi connectivity index (χ1n) is 10.7. The van der Waals surface area contributed by atoms with Gasteiger partial charge in [0.2, 0.25) is 0 Å². The second-order valence-electron chi connectivity index (χ2n) is 7.83. The largest absolute Gasteiger partial charge is 0.349 e. The number of aromatic nitrogens is 4. The van der Waals surface area contributed by atoms with Gasteiger partial charge in [0, 0.05) is 48.7 Å². The van der Waals surface area contributed by atoms with Crippen molar-refractivity contribution in [2.45, 2.75) is 18.9 Å². The van der Waals surface area contributed by atoms with Gasteiger partial charge in [-0.25, -0.2) is 9.67 Å². The Morgan fingerprint density at radius 2 is 1.85 bits per heavy atom. The third-order valence-corrected chi connectivity index (χ3v) is 6.51. The molecule has 1 fully saturated rings. The third kappa shape index (κ3) is 4.68. The van der Waals surface area contributed by atoms with Gasteiger partial charge in [-0.05, 0) is 37.1 Å². The Hall–Kier alpha value is -3.85. The number of rotatable bonds is 5. The van der Waals surface area contributed by atoms with Crippen molar-refractivity contribution in [3.8, 4) is 16.3 Å². The summed E-state index contributed by atoms with van der Waals surface area (Å²) in [5.74, 6) is -0.210. The molecule has 1 saturated heterocycles. The van der Waals surface area contributed by atoms with Crippen LogP contribution in [-0.2, 0) is 0 Å². The summed E-state index contributed by atoms with van der Waals surface area (Å²) < 4.78 is 1.79. The maximum absolute atomic E-state index is 13.0. The van der Waals surface area contributed by atoms with E-state index < -0.39 is 0 Å². The first kappa shape index (κ1) is 21.0. The quantitative estimate of drug-likeness (QED) is 0.495. The monoisotopic (exact) mass is 458 g/mol. The minimum absolute atomic E-state index is 0.0385. The number of para-hydroxylation sites is 1. The molecule has 166 valence electrons. The summed E-state index contributed by atoms with van der Waals surface area (Å²) in [7, 11) is 0. The van der Waals surface area contributed by atoms with Gasteiger partial charge in [-0.3, -0.25) is 14.6 Å². The SMILES string of the molecule is O=C(NC1CCN(C(=O)c2csc(-c3cnn(-c4ccccc4)c3)n2)CC1)c1cccnc1. The zero-order valence-electron chi connectivity index (χ0n) is 17.8. The molecule has 1 aliphatic heterocycles. The van der Waals surface area contributed by atoms with Gasteiger partial charge in [-0.15, -0.1) is 11.3 Å². The van der Waals surface area contributed by atoms with Crippen LogP contribution in [0.3, 0.4) is 0 Å².